The molecule has 174 valence electrons. The van der Waals surface area contributed by atoms with E-state index in [0.29, 0.717) is 0 Å². The fraction of sp³-hybridized carbons (Fsp3) is 0.529. The minimum atomic E-state index is -5.39. The predicted molar refractivity (Wildman–Crippen MR) is 98.7 cm³/mol. The number of alkyl halides is 3. The van der Waals surface area contributed by atoms with Crippen molar-refractivity contribution in [3.05, 3.63) is 24.3 Å². The highest BCUT2D eigenvalue weighted by molar-refractivity contribution is 7.89. The van der Waals surface area contributed by atoms with Crippen LogP contribution in [0, 0.1) is 0 Å². The van der Waals surface area contributed by atoms with Crippen LogP contribution < -0.4 is 10.2 Å². The molecule has 14 heteroatoms. The zero-order chi connectivity index (χ0) is 23.2. The average Bonchev–Trinajstić information content (AvgIpc) is 2.75. The van der Waals surface area contributed by atoms with E-state index in [1.165, 1.54) is 23.1 Å². The molecule has 31 heavy (non-hydrogen) atoms. The maximum absolute atomic E-state index is 13.7. The van der Waals surface area contributed by atoms with E-state index in [-0.39, 0.29) is 36.4 Å². The molecule has 1 aromatic rings. The van der Waals surface area contributed by atoms with E-state index in [9.17, 15) is 31.2 Å². The molecule has 1 atom stereocenters. The highest BCUT2D eigenvalue weighted by Gasteiger charge is 2.53. The van der Waals surface area contributed by atoms with Crippen LogP contribution in [0.3, 0.4) is 0 Å². The highest BCUT2D eigenvalue weighted by Crippen LogP contribution is 2.33. The molecule has 0 aromatic heterocycles. The van der Waals surface area contributed by atoms with Gasteiger partial charge < -0.3 is 14.4 Å². The summed E-state index contributed by atoms with van der Waals surface area (Å²) in [7, 11) is -3.86. The van der Waals surface area contributed by atoms with Gasteiger partial charge in [0.15, 0.2) is 0 Å². The fourth-order valence-corrected chi connectivity index (χ4v) is 4.76. The molecule has 0 saturated carbocycles. The minimum Gasteiger partial charge on any atom is -0.495 e. The van der Waals surface area contributed by atoms with Crippen LogP contribution in [0.4, 0.5) is 13.2 Å². The van der Waals surface area contributed by atoms with Gasteiger partial charge in [0.2, 0.25) is 22.0 Å². The standard InChI is InChI=1S/C17H22F3N3O7S/c1-29-12-4-2-3-5-13(12)31(27,28)23(15(16(25)21-26)17(18,19)20)7-6-14(24)22-8-10-30-11-9-22/h2-5,15,26H,6-11H2,1H3,(H,21,25). The van der Waals surface area contributed by atoms with E-state index in [2.05, 4.69) is 0 Å². The average molecular weight is 469 g/mol. The number of morpholine rings is 1. The zero-order valence-electron chi connectivity index (χ0n) is 16.5. The van der Waals surface area contributed by atoms with Crippen LogP contribution in [0.15, 0.2) is 29.2 Å². The number of halogens is 3. The van der Waals surface area contributed by atoms with Crippen molar-refractivity contribution in [2.75, 3.05) is 40.0 Å². The maximum atomic E-state index is 13.7. The molecule has 10 nitrogen and oxygen atoms in total. The van der Waals surface area contributed by atoms with Crippen molar-refractivity contribution in [1.29, 1.82) is 0 Å². The predicted octanol–water partition coefficient (Wildman–Crippen LogP) is 0.371. The second-order valence-corrected chi connectivity index (χ2v) is 8.29. The van der Waals surface area contributed by atoms with Crippen LogP contribution >= 0.6 is 0 Å². The molecule has 0 radical (unpaired) electrons. The van der Waals surface area contributed by atoms with Gasteiger partial charge in [-0.15, -0.1) is 0 Å². The van der Waals surface area contributed by atoms with Crippen molar-refractivity contribution < 1.29 is 45.9 Å². The first-order valence-electron chi connectivity index (χ1n) is 9.05. The summed E-state index contributed by atoms with van der Waals surface area (Å²) in [6, 6.07) is 1.63. The van der Waals surface area contributed by atoms with E-state index in [0.717, 1.165) is 18.7 Å². The second kappa shape index (κ2) is 10.3. The van der Waals surface area contributed by atoms with Crippen LogP contribution in [0.25, 0.3) is 0 Å². The van der Waals surface area contributed by atoms with E-state index < -0.39 is 51.9 Å². The van der Waals surface area contributed by atoms with Crippen molar-refractivity contribution in [3.63, 3.8) is 0 Å². The number of amides is 2. The lowest BCUT2D eigenvalue weighted by Gasteiger charge is -2.32. The van der Waals surface area contributed by atoms with E-state index in [1.54, 1.807) is 0 Å². The number of para-hydroxylation sites is 1. The smallest absolute Gasteiger partial charge is 0.414 e. The Kier molecular flexibility index (Phi) is 8.22. The first-order chi connectivity index (χ1) is 14.5. The summed E-state index contributed by atoms with van der Waals surface area (Å²) in [4.78, 5) is 24.9. The van der Waals surface area contributed by atoms with E-state index >= 15 is 0 Å². The number of sulfonamides is 1. The Morgan fingerprint density at radius 3 is 2.45 bits per heavy atom. The van der Waals surface area contributed by atoms with Gasteiger partial charge in [0.05, 0.1) is 20.3 Å². The summed E-state index contributed by atoms with van der Waals surface area (Å²) in [5.41, 5.74) is 0.847. The Balaban J connectivity index is 2.45. The third-order valence-electron chi connectivity index (χ3n) is 4.52. The number of carbonyl (C=O) groups excluding carboxylic acids is 2. The SMILES string of the molecule is COc1ccccc1S(=O)(=O)N(CCC(=O)N1CCOCC1)C(C(=O)NO)C(F)(F)F. The van der Waals surface area contributed by atoms with Gasteiger partial charge in [0.1, 0.15) is 10.6 Å². The molecular formula is C17H22F3N3O7S. The van der Waals surface area contributed by atoms with Crippen LogP contribution in [-0.2, 0) is 24.3 Å². The third-order valence-corrected chi connectivity index (χ3v) is 6.43. The topological polar surface area (TPSA) is 125 Å². The molecule has 1 unspecified atom stereocenters. The van der Waals surface area contributed by atoms with Gasteiger partial charge in [0, 0.05) is 26.1 Å². The molecule has 0 aliphatic carbocycles. The number of nitrogens with zero attached hydrogens (tertiary/aromatic N) is 2. The van der Waals surface area contributed by atoms with Gasteiger partial charge in [-0.25, -0.2) is 13.9 Å². The van der Waals surface area contributed by atoms with Crippen LogP contribution in [0.5, 0.6) is 5.75 Å². The molecule has 1 aliphatic heterocycles. The number of ether oxygens (including phenoxy) is 2. The molecule has 1 aliphatic rings. The Morgan fingerprint density at radius 1 is 1.29 bits per heavy atom. The molecule has 0 spiro atoms. The zero-order valence-corrected chi connectivity index (χ0v) is 17.3. The number of hydrogen-bond donors (Lipinski definition) is 2. The Morgan fingerprint density at radius 2 is 1.90 bits per heavy atom. The number of hydroxylamine groups is 1. The molecule has 0 bridgehead atoms. The summed E-state index contributed by atoms with van der Waals surface area (Å²) in [5, 5.41) is 8.80. The molecular weight excluding hydrogens is 447 g/mol. The first-order valence-corrected chi connectivity index (χ1v) is 10.5. The maximum Gasteiger partial charge on any atom is 0.414 e. The minimum absolute atomic E-state index is 0.158. The Hall–Kier alpha value is -2.42. The molecule has 2 N–H and O–H groups in total. The van der Waals surface area contributed by atoms with Gasteiger partial charge in [-0.2, -0.15) is 17.5 Å². The van der Waals surface area contributed by atoms with Crippen molar-refractivity contribution in [2.45, 2.75) is 23.5 Å². The number of benzene rings is 1. The van der Waals surface area contributed by atoms with Crippen molar-refractivity contribution in [2.24, 2.45) is 0 Å². The molecule has 1 heterocycles. The highest BCUT2D eigenvalue weighted by atomic mass is 32.2. The summed E-state index contributed by atoms with van der Waals surface area (Å²) >= 11 is 0. The number of nitrogens with one attached hydrogen (secondary N) is 1. The lowest BCUT2D eigenvalue weighted by molar-refractivity contribution is -0.185. The lowest BCUT2D eigenvalue weighted by atomic mass is 10.2. The summed E-state index contributed by atoms with van der Waals surface area (Å²) in [6.07, 6.45) is -6.01. The molecule has 2 rings (SSSR count). The summed E-state index contributed by atoms with van der Waals surface area (Å²) in [6.45, 7) is -0.0654. The first kappa shape index (κ1) is 24.8. The van der Waals surface area contributed by atoms with Gasteiger partial charge in [-0.3, -0.25) is 14.8 Å². The van der Waals surface area contributed by atoms with Crippen molar-refractivity contribution in [3.8, 4) is 5.75 Å². The second-order valence-electron chi connectivity index (χ2n) is 6.43. The summed E-state index contributed by atoms with van der Waals surface area (Å²) in [5.74, 6) is -2.86. The van der Waals surface area contributed by atoms with Gasteiger partial charge in [-0.1, -0.05) is 12.1 Å². The Bertz CT molecular complexity index is 889. The number of carbonyl (C=O) groups is 2. The Labute approximate surface area is 176 Å². The third kappa shape index (κ3) is 5.84. The molecule has 1 saturated heterocycles. The normalized spacial score (nSPS) is 16.1. The fourth-order valence-electron chi connectivity index (χ4n) is 3.03. The van der Waals surface area contributed by atoms with Crippen LogP contribution in [0.2, 0.25) is 0 Å². The molecule has 1 fully saturated rings. The van der Waals surface area contributed by atoms with Gasteiger partial charge in [0.25, 0.3) is 5.91 Å². The van der Waals surface area contributed by atoms with E-state index in [1.807, 2.05) is 0 Å². The van der Waals surface area contributed by atoms with Crippen molar-refractivity contribution in [1.82, 2.24) is 14.7 Å². The van der Waals surface area contributed by atoms with Crippen LogP contribution in [-0.4, -0.2) is 86.8 Å². The van der Waals surface area contributed by atoms with Crippen LogP contribution in [0.1, 0.15) is 6.42 Å². The largest absolute Gasteiger partial charge is 0.495 e. The van der Waals surface area contributed by atoms with Crippen molar-refractivity contribution >= 4 is 21.8 Å². The molecule has 2 amide bonds. The number of methoxy groups -OCH3 is 1. The molecule has 1 aromatic carbocycles. The van der Waals surface area contributed by atoms with Gasteiger partial charge >= 0.3 is 6.18 Å². The summed E-state index contributed by atoms with van der Waals surface area (Å²) < 4.78 is 77.2. The quantitative estimate of drug-likeness (QED) is 0.416. The lowest BCUT2D eigenvalue weighted by Crippen LogP contribution is -2.57. The monoisotopic (exact) mass is 469 g/mol. The van der Waals surface area contributed by atoms with Gasteiger partial charge in [-0.05, 0) is 12.1 Å². The number of hydrogen-bond acceptors (Lipinski definition) is 7. The number of rotatable bonds is 8. The van der Waals surface area contributed by atoms with E-state index in [4.69, 9.17) is 14.7 Å².